The van der Waals surface area contributed by atoms with Gasteiger partial charge in [-0.05, 0) is 79.1 Å². The second-order valence-corrected chi connectivity index (χ2v) is 8.28. The molecule has 0 aliphatic carbocycles. The first-order valence-corrected chi connectivity index (χ1v) is 10.4. The number of hydrogen-bond acceptors (Lipinski definition) is 4. The number of aromatic nitrogens is 1. The second kappa shape index (κ2) is 9.65. The number of nitrogens with zero attached hydrogens (tertiary/aromatic N) is 2. The molecule has 1 saturated heterocycles. The van der Waals surface area contributed by atoms with Crippen LogP contribution < -0.4 is 10.6 Å². The first-order chi connectivity index (χ1) is 13.8. The maximum atomic E-state index is 13.3. The second-order valence-electron chi connectivity index (χ2n) is 6.96. The summed E-state index contributed by atoms with van der Waals surface area (Å²) >= 11 is 9.07. The van der Waals surface area contributed by atoms with Gasteiger partial charge in [-0.15, -0.1) is 0 Å². The average Bonchev–Trinajstić information content (AvgIpc) is 2.72. The summed E-state index contributed by atoms with van der Waals surface area (Å²) in [6, 6.07) is 7.25. The van der Waals surface area contributed by atoms with Crippen molar-refractivity contribution in [3.63, 3.8) is 0 Å². The molecule has 0 bridgehead atoms. The third-order valence-corrected chi connectivity index (χ3v) is 5.75. The van der Waals surface area contributed by atoms with Gasteiger partial charge in [-0.2, -0.15) is 0 Å². The van der Waals surface area contributed by atoms with Crippen molar-refractivity contribution in [2.45, 2.75) is 25.8 Å². The molecule has 29 heavy (non-hydrogen) atoms. The molecule has 1 aliphatic heterocycles. The van der Waals surface area contributed by atoms with Crippen molar-refractivity contribution in [1.29, 1.82) is 0 Å². The molecule has 1 aromatic heterocycles. The Kier molecular flexibility index (Phi) is 7.21. The maximum absolute atomic E-state index is 13.3. The number of rotatable bonds is 5. The molecule has 2 amide bonds. The number of carbonyl (C=O) groups is 2. The number of nitrogens with one attached hydrogen (secondary N) is 2. The quantitative estimate of drug-likeness (QED) is 0.664. The predicted octanol–water partition coefficient (Wildman–Crippen LogP) is 4.31. The SMILES string of the molecule is CC(C(=O)Nc1ccc(F)c(Cl)c1)N1CCC(C(=O)Nc2ccc(Br)cn2)CC1. The maximum Gasteiger partial charge on any atom is 0.241 e. The van der Waals surface area contributed by atoms with Crippen LogP contribution in [0.2, 0.25) is 5.02 Å². The number of pyridine rings is 1. The zero-order valence-electron chi connectivity index (χ0n) is 15.8. The number of likely N-dealkylation sites (tertiary alicyclic amines) is 1. The van der Waals surface area contributed by atoms with E-state index in [0.29, 0.717) is 37.4 Å². The van der Waals surface area contributed by atoms with E-state index in [2.05, 4.69) is 31.5 Å². The molecule has 9 heteroatoms. The summed E-state index contributed by atoms with van der Waals surface area (Å²) < 4.78 is 14.1. The van der Waals surface area contributed by atoms with Gasteiger partial charge in [0, 0.05) is 22.3 Å². The fraction of sp³-hybridized carbons (Fsp3) is 0.350. The van der Waals surface area contributed by atoms with E-state index >= 15 is 0 Å². The fourth-order valence-corrected chi connectivity index (χ4v) is 3.63. The number of benzene rings is 1. The standard InChI is InChI=1S/C20H21BrClFN4O2/c1-12(19(28)25-15-3-4-17(23)16(22)10-15)27-8-6-13(7-9-27)20(29)26-18-5-2-14(21)11-24-18/h2-5,10-13H,6-9H2,1H3,(H,25,28)(H,24,26,29). The van der Waals surface area contributed by atoms with Crippen LogP contribution in [0.25, 0.3) is 0 Å². The molecular weight excluding hydrogens is 463 g/mol. The number of amides is 2. The van der Waals surface area contributed by atoms with Crippen molar-refractivity contribution in [2.24, 2.45) is 5.92 Å². The Balaban J connectivity index is 1.49. The normalized spacial score (nSPS) is 16.3. The minimum absolute atomic E-state index is 0.0393. The number of carbonyl (C=O) groups excluding carboxylic acids is 2. The molecule has 3 rings (SSSR count). The van der Waals surface area contributed by atoms with Crippen LogP contribution in [0.3, 0.4) is 0 Å². The Morgan fingerprint density at radius 3 is 2.59 bits per heavy atom. The summed E-state index contributed by atoms with van der Waals surface area (Å²) in [5.41, 5.74) is 0.449. The summed E-state index contributed by atoms with van der Waals surface area (Å²) in [5.74, 6) is -0.391. The van der Waals surface area contributed by atoms with Crippen LogP contribution in [0.4, 0.5) is 15.9 Å². The highest BCUT2D eigenvalue weighted by Crippen LogP contribution is 2.23. The van der Waals surface area contributed by atoms with Crippen molar-refractivity contribution in [2.75, 3.05) is 23.7 Å². The molecule has 1 atom stereocenters. The first-order valence-electron chi connectivity index (χ1n) is 9.26. The van der Waals surface area contributed by atoms with Gasteiger partial charge in [0.05, 0.1) is 11.1 Å². The highest BCUT2D eigenvalue weighted by Gasteiger charge is 2.30. The highest BCUT2D eigenvalue weighted by molar-refractivity contribution is 9.10. The summed E-state index contributed by atoms with van der Waals surface area (Å²) in [4.78, 5) is 31.2. The van der Waals surface area contributed by atoms with Gasteiger partial charge in [-0.3, -0.25) is 14.5 Å². The number of hydrogen-bond donors (Lipinski definition) is 2. The Morgan fingerprint density at radius 2 is 1.97 bits per heavy atom. The summed E-state index contributed by atoms with van der Waals surface area (Å²) in [6.45, 7) is 3.07. The molecule has 2 heterocycles. The van der Waals surface area contributed by atoms with Gasteiger partial charge in [-0.1, -0.05) is 11.6 Å². The van der Waals surface area contributed by atoms with Gasteiger partial charge < -0.3 is 10.6 Å². The lowest BCUT2D eigenvalue weighted by Gasteiger charge is -2.34. The largest absolute Gasteiger partial charge is 0.325 e. The summed E-state index contributed by atoms with van der Waals surface area (Å²) in [5, 5.41) is 5.55. The molecule has 154 valence electrons. The van der Waals surface area contributed by atoms with E-state index in [1.54, 1.807) is 12.3 Å². The summed E-state index contributed by atoms with van der Waals surface area (Å²) in [7, 11) is 0. The molecular formula is C20H21BrClFN4O2. The minimum Gasteiger partial charge on any atom is -0.325 e. The van der Waals surface area contributed by atoms with Crippen LogP contribution in [-0.4, -0.2) is 40.8 Å². The Bertz CT molecular complexity index is 889. The lowest BCUT2D eigenvalue weighted by atomic mass is 9.95. The van der Waals surface area contributed by atoms with Crippen LogP contribution in [-0.2, 0) is 9.59 Å². The molecule has 1 aromatic carbocycles. The van der Waals surface area contributed by atoms with Crippen LogP contribution in [0.5, 0.6) is 0 Å². The number of halogens is 3. The third kappa shape index (κ3) is 5.74. The molecule has 6 nitrogen and oxygen atoms in total. The summed E-state index contributed by atoms with van der Waals surface area (Å²) in [6.07, 6.45) is 2.94. The average molecular weight is 484 g/mol. The van der Waals surface area contributed by atoms with Crippen molar-refractivity contribution in [3.8, 4) is 0 Å². The van der Waals surface area contributed by atoms with Crippen LogP contribution >= 0.6 is 27.5 Å². The highest BCUT2D eigenvalue weighted by atomic mass is 79.9. The molecule has 0 saturated carbocycles. The van der Waals surface area contributed by atoms with Crippen molar-refractivity contribution < 1.29 is 14.0 Å². The lowest BCUT2D eigenvalue weighted by molar-refractivity contribution is -0.123. The van der Waals surface area contributed by atoms with Crippen molar-refractivity contribution in [3.05, 3.63) is 51.8 Å². The van der Waals surface area contributed by atoms with Gasteiger partial charge in [0.25, 0.3) is 0 Å². The lowest BCUT2D eigenvalue weighted by Crippen LogP contribution is -2.47. The van der Waals surface area contributed by atoms with Gasteiger partial charge in [0.15, 0.2) is 0 Å². The Hall–Kier alpha value is -2.03. The van der Waals surface area contributed by atoms with Gasteiger partial charge in [0.1, 0.15) is 11.6 Å². The van der Waals surface area contributed by atoms with Crippen molar-refractivity contribution >= 4 is 50.9 Å². The van der Waals surface area contributed by atoms with E-state index < -0.39 is 5.82 Å². The molecule has 1 aliphatic rings. The molecule has 0 radical (unpaired) electrons. The molecule has 1 fully saturated rings. The predicted molar refractivity (Wildman–Crippen MR) is 114 cm³/mol. The third-order valence-electron chi connectivity index (χ3n) is 4.99. The zero-order chi connectivity index (χ0) is 21.0. The minimum atomic E-state index is -0.531. The molecule has 0 spiro atoms. The van der Waals surface area contributed by atoms with Gasteiger partial charge in [0.2, 0.25) is 11.8 Å². The van der Waals surface area contributed by atoms with Crippen molar-refractivity contribution in [1.82, 2.24) is 9.88 Å². The first kappa shape index (κ1) is 21.7. The van der Waals surface area contributed by atoms with Crippen LogP contribution in [0.15, 0.2) is 41.0 Å². The topological polar surface area (TPSA) is 74.3 Å². The molecule has 2 aromatic rings. The number of anilines is 2. The fourth-order valence-electron chi connectivity index (χ4n) is 3.21. The van der Waals surface area contributed by atoms with E-state index in [9.17, 15) is 14.0 Å². The van der Waals surface area contributed by atoms with Crippen LogP contribution in [0.1, 0.15) is 19.8 Å². The van der Waals surface area contributed by atoms with E-state index in [-0.39, 0.29) is 28.8 Å². The Labute approximate surface area is 182 Å². The van der Waals surface area contributed by atoms with Crippen LogP contribution in [0, 0.1) is 11.7 Å². The molecule has 2 N–H and O–H groups in total. The van der Waals surface area contributed by atoms with Gasteiger partial charge in [-0.25, -0.2) is 9.37 Å². The number of piperidine rings is 1. The molecule has 1 unspecified atom stereocenters. The van der Waals surface area contributed by atoms with E-state index in [1.165, 1.54) is 18.2 Å². The van der Waals surface area contributed by atoms with E-state index in [0.717, 1.165) is 4.47 Å². The van der Waals surface area contributed by atoms with E-state index in [4.69, 9.17) is 11.6 Å². The van der Waals surface area contributed by atoms with E-state index in [1.807, 2.05) is 17.9 Å². The zero-order valence-corrected chi connectivity index (χ0v) is 18.1. The van der Waals surface area contributed by atoms with Gasteiger partial charge >= 0.3 is 0 Å². The monoisotopic (exact) mass is 482 g/mol. The Morgan fingerprint density at radius 1 is 1.24 bits per heavy atom. The smallest absolute Gasteiger partial charge is 0.241 e.